The maximum Gasteiger partial charge on any atom is 0.328 e. The zero-order valence-electron chi connectivity index (χ0n) is 9.53. The highest BCUT2D eigenvalue weighted by atomic mass is 16.5. The van der Waals surface area contributed by atoms with Gasteiger partial charge in [0.1, 0.15) is 6.04 Å². The highest BCUT2D eigenvalue weighted by Gasteiger charge is 2.27. The normalized spacial score (nSPS) is 17.7. The molecule has 3 nitrogen and oxygen atoms in total. The van der Waals surface area contributed by atoms with E-state index in [4.69, 9.17) is 4.74 Å². The molecule has 0 amide bonds. The van der Waals surface area contributed by atoms with Crippen LogP contribution in [0.4, 0.5) is 5.69 Å². The number of esters is 1. The molecule has 0 bridgehead atoms. The summed E-state index contributed by atoms with van der Waals surface area (Å²) in [4.78, 5) is 11.7. The van der Waals surface area contributed by atoms with E-state index in [0.717, 1.165) is 24.9 Å². The number of hydrogen-bond donors (Lipinski definition) is 1. The van der Waals surface area contributed by atoms with Gasteiger partial charge < -0.3 is 10.1 Å². The van der Waals surface area contributed by atoms with E-state index in [-0.39, 0.29) is 12.0 Å². The summed E-state index contributed by atoms with van der Waals surface area (Å²) in [7, 11) is 0. The van der Waals surface area contributed by atoms with Gasteiger partial charge in [-0.05, 0) is 18.1 Å². The maximum absolute atomic E-state index is 11.7. The number of benzene rings is 1. The Morgan fingerprint density at radius 2 is 2.31 bits per heavy atom. The standard InChI is InChI=1S/C13H17NO2/c1-2-3-8-16-13(15)12-9-10-6-4-5-7-11(10)14-12/h4-7,12,14H,2-3,8-9H2,1H3. The second-order valence-electron chi connectivity index (χ2n) is 4.08. The predicted octanol–water partition coefficient (Wildman–Crippen LogP) is 2.37. The third kappa shape index (κ3) is 2.35. The molecule has 0 aromatic heterocycles. The third-order valence-corrected chi connectivity index (χ3v) is 2.80. The number of ether oxygens (including phenoxy) is 1. The maximum atomic E-state index is 11.7. The van der Waals surface area contributed by atoms with Crippen LogP contribution in [0.25, 0.3) is 0 Å². The van der Waals surface area contributed by atoms with Crippen LogP contribution in [0.15, 0.2) is 24.3 Å². The lowest BCUT2D eigenvalue weighted by atomic mass is 10.1. The average Bonchev–Trinajstić information content (AvgIpc) is 2.73. The molecule has 0 aliphatic carbocycles. The molecule has 0 spiro atoms. The molecule has 86 valence electrons. The third-order valence-electron chi connectivity index (χ3n) is 2.80. The van der Waals surface area contributed by atoms with Gasteiger partial charge in [0.25, 0.3) is 0 Å². The summed E-state index contributed by atoms with van der Waals surface area (Å²) >= 11 is 0. The second-order valence-corrected chi connectivity index (χ2v) is 4.08. The van der Waals surface area contributed by atoms with Gasteiger partial charge in [0.2, 0.25) is 0 Å². The van der Waals surface area contributed by atoms with Crippen molar-refractivity contribution in [1.29, 1.82) is 0 Å². The van der Waals surface area contributed by atoms with Gasteiger partial charge in [-0.15, -0.1) is 0 Å². The first kappa shape index (κ1) is 11.0. The summed E-state index contributed by atoms with van der Waals surface area (Å²) in [6.07, 6.45) is 2.72. The van der Waals surface area contributed by atoms with Crippen molar-refractivity contribution in [2.75, 3.05) is 11.9 Å². The number of nitrogens with one attached hydrogen (secondary N) is 1. The lowest BCUT2D eigenvalue weighted by molar-refractivity contribution is -0.144. The fourth-order valence-corrected chi connectivity index (χ4v) is 1.86. The molecule has 16 heavy (non-hydrogen) atoms. The summed E-state index contributed by atoms with van der Waals surface area (Å²) in [6.45, 7) is 2.61. The van der Waals surface area contributed by atoms with E-state index >= 15 is 0 Å². The van der Waals surface area contributed by atoms with Crippen LogP contribution >= 0.6 is 0 Å². The van der Waals surface area contributed by atoms with E-state index in [1.54, 1.807) is 0 Å². The lowest BCUT2D eigenvalue weighted by Crippen LogP contribution is -2.29. The number of para-hydroxylation sites is 1. The van der Waals surface area contributed by atoms with Crippen molar-refractivity contribution < 1.29 is 9.53 Å². The quantitative estimate of drug-likeness (QED) is 0.624. The monoisotopic (exact) mass is 219 g/mol. The molecule has 3 heteroatoms. The van der Waals surface area contributed by atoms with E-state index < -0.39 is 0 Å². The minimum atomic E-state index is -0.200. The van der Waals surface area contributed by atoms with Crippen LogP contribution < -0.4 is 5.32 Å². The topological polar surface area (TPSA) is 38.3 Å². The number of carbonyl (C=O) groups is 1. The number of fused-ring (bicyclic) bond motifs is 1. The van der Waals surface area contributed by atoms with Gasteiger partial charge in [-0.2, -0.15) is 0 Å². The van der Waals surface area contributed by atoms with Crippen molar-refractivity contribution in [2.45, 2.75) is 32.2 Å². The van der Waals surface area contributed by atoms with Gasteiger partial charge in [0, 0.05) is 12.1 Å². The summed E-state index contributed by atoms with van der Waals surface area (Å²) in [5, 5.41) is 3.19. The summed E-state index contributed by atoms with van der Waals surface area (Å²) in [5.74, 6) is -0.135. The molecule has 0 fully saturated rings. The Balaban J connectivity index is 1.88. The smallest absolute Gasteiger partial charge is 0.328 e. The first-order chi connectivity index (χ1) is 7.81. The number of anilines is 1. The fraction of sp³-hybridized carbons (Fsp3) is 0.462. The molecule has 0 radical (unpaired) electrons. The van der Waals surface area contributed by atoms with Crippen molar-refractivity contribution in [2.24, 2.45) is 0 Å². The van der Waals surface area contributed by atoms with Gasteiger partial charge in [0.05, 0.1) is 6.61 Å². The number of hydrogen-bond acceptors (Lipinski definition) is 3. The molecule has 1 aromatic carbocycles. The fourth-order valence-electron chi connectivity index (χ4n) is 1.86. The van der Waals surface area contributed by atoms with Crippen molar-refractivity contribution in [3.63, 3.8) is 0 Å². The number of carbonyl (C=O) groups excluding carboxylic acids is 1. The van der Waals surface area contributed by atoms with Gasteiger partial charge in [-0.1, -0.05) is 31.5 Å². The minimum absolute atomic E-state index is 0.135. The zero-order valence-corrected chi connectivity index (χ0v) is 9.53. The molecule has 1 heterocycles. The van der Waals surface area contributed by atoms with Gasteiger partial charge in [0.15, 0.2) is 0 Å². The first-order valence-electron chi connectivity index (χ1n) is 5.82. The Labute approximate surface area is 95.8 Å². The number of rotatable bonds is 4. The SMILES string of the molecule is CCCCOC(=O)C1Cc2ccccc2N1. The zero-order chi connectivity index (χ0) is 11.4. The molecule has 1 aliphatic heterocycles. The van der Waals surface area contributed by atoms with Crippen molar-refractivity contribution >= 4 is 11.7 Å². The van der Waals surface area contributed by atoms with Crippen LogP contribution in [0.1, 0.15) is 25.3 Å². The molecule has 1 aromatic rings. The molecule has 0 saturated heterocycles. The average molecular weight is 219 g/mol. The van der Waals surface area contributed by atoms with Crippen LogP contribution in [0.2, 0.25) is 0 Å². The van der Waals surface area contributed by atoms with Crippen molar-refractivity contribution in [1.82, 2.24) is 0 Å². The Bertz CT molecular complexity index is 351. The van der Waals surface area contributed by atoms with Crippen LogP contribution in [-0.4, -0.2) is 18.6 Å². The Kier molecular flexibility index (Phi) is 3.44. The highest BCUT2D eigenvalue weighted by molar-refractivity contribution is 5.82. The molecule has 1 aliphatic rings. The Morgan fingerprint density at radius 1 is 1.50 bits per heavy atom. The lowest BCUT2D eigenvalue weighted by Gasteiger charge is -2.10. The highest BCUT2D eigenvalue weighted by Crippen LogP contribution is 2.25. The minimum Gasteiger partial charge on any atom is -0.464 e. The van der Waals surface area contributed by atoms with E-state index in [1.165, 1.54) is 5.56 Å². The predicted molar refractivity (Wildman–Crippen MR) is 63.4 cm³/mol. The molecule has 2 rings (SSSR count). The molecule has 1 atom stereocenters. The summed E-state index contributed by atoms with van der Waals surface area (Å²) in [6, 6.07) is 7.80. The van der Waals surface area contributed by atoms with Crippen molar-refractivity contribution in [3.8, 4) is 0 Å². The van der Waals surface area contributed by atoms with Crippen molar-refractivity contribution in [3.05, 3.63) is 29.8 Å². The van der Waals surface area contributed by atoms with Crippen LogP contribution in [-0.2, 0) is 16.0 Å². The number of unbranched alkanes of at least 4 members (excludes halogenated alkanes) is 1. The Morgan fingerprint density at radius 3 is 3.06 bits per heavy atom. The van der Waals surface area contributed by atoms with Gasteiger partial charge in [-0.25, -0.2) is 4.79 Å². The largest absolute Gasteiger partial charge is 0.464 e. The van der Waals surface area contributed by atoms with Crippen LogP contribution in [0, 0.1) is 0 Å². The van der Waals surface area contributed by atoms with E-state index in [2.05, 4.69) is 12.2 Å². The molecular weight excluding hydrogens is 202 g/mol. The van der Waals surface area contributed by atoms with E-state index in [9.17, 15) is 4.79 Å². The molecular formula is C13H17NO2. The van der Waals surface area contributed by atoms with Crippen LogP contribution in [0.5, 0.6) is 0 Å². The van der Waals surface area contributed by atoms with E-state index in [1.807, 2.05) is 24.3 Å². The second kappa shape index (κ2) is 5.01. The van der Waals surface area contributed by atoms with Crippen LogP contribution in [0.3, 0.4) is 0 Å². The van der Waals surface area contributed by atoms with Gasteiger partial charge >= 0.3 is 5.97 Å². The molecule has 1 N–H and O–H groups in total. The molecule has 1 unspecified atom stereocenters. The van der Waals surface area contributed by atoms with E-state index in [0.29, 0.717) is 6.61 Å². The first-order valence-corrected chi connectivity index (χ1v) is 5.82. The summed E-state index contributed by atoms with van der Waals surface area (Å²) < 4.78 is 5.20. The molecule has 0 saturated carbocycles. The van der Waals surface area contributed by atoms with Gasteiger partial charge in [-0.3, -0.25) is 0 Å². The Hall–Kier alpha value is -1.51. The summed E-state index contributed by atoms with van der Waals surface area (Å²) in [5.41, 5.74) is 2.25.